The SMILES string of the molecule is COc1cc(C)ccc1OCc1cc(C(=O)O)n2ccnc2c1. The molecule has 0 fully saturated rings. The van der Waals surface area contributed by atoms with Gasteiger partial charge in [-0.15, -0.1) is 0 Å². The zero-order chi connectivity index (χ0) is 16.4. The van der Waals surface area contributed by atoms with Crippen molar-refractivity contribution < 1.29 is 19.4 Å². The van der Waals surface area contributed by atoms with Crippen LogP contribution in [-0.4, -0.2) is 27.6 Å². The van der Waals surface area contributed by atoms with E-state index in [1.807, 2.05) is 25.1 Å². The number of benzene rings is 1. The minimum Gasteiger partial charge on any atom is -0.493 e. The largest absolute Gasteiger partial charge is 0.493 e. The Balaban J connectivity index is 1.89. The van der Waals surface area contributed by atoms with Gasteiger partial charge in [-0.2, -0.15) is 0 Å². The van der Waals surface area contributed by atoms with Gasteiger partial charge in [0.25, 0.3) is 0 Å². The van der Waals surface area contributed by atoms with Crippen molar-refractivity contribution in [2.75, 3.05) is 7.11 Å². The quantitative estimate of drug-likeness (QED) is 0.784. The Morgan fingerprint density at radius 2 is 2.09 bits per heavy atom. The van der Waals surface area contributed by atoms with Crippen molar-refractivity contribution in [1.29, 1.82) is 0 Å². The van der Waals surface area contributed by atoms with Crippen LogP contribution in [0.25, 0.3) is 5.65 Å². The summed E-state index contributed by atoms with van der Waals surface area (Å²) in [5, 5.41) is 9.31. The predicted octanol–water partition coefficient (Wildman–Crippen LogP) is 2.93. The molecule has 2 aromatic heterocycles. The van der Waals surface area contributed by atoms with Crippen LogP contribution in [0.3, 0.4) is 0 Å². The predicted molar refractivity (Wildman–Crippen MR) is 84.2 cm³/mol. The van der Waals surface area contributed by atoms with E-state index in [-0.39, 0.29) is 12.3 Å². The van der Waals surface area contributed by atoms with E-state index in [1.165, 1.54) is 4.40 Å². The summed E-state index contributed by atoms with van der Waals surface area (Å²) in [6, 6.07) is 9.03. The monoisotopic (exact) mass is 312 g/mol. The molecule has 0 aliphatic rings. The third-order valence-electron chi connectivity index (χ3n) is 3.50. The van der Waals surface area contributed by atoms with Gasteiger partial charge in [-0.25, -0.2) is 9.78 Å². The molecular weight excluding hydrogens is 296 g/mol. The number of aromatic carboxylic acids is 1. The van der Waals surface area contributed by atoms with E-state index in [9.17, 15) is 9.90 Å². The number of imidazole rings is 1. The molecule has 0 radical (unpaired) electrons. The molecule has 23 heavy (non-hydrogen) atoms. The molecule has 3 rings (SSSR count). The van der Waals surface area contributed by atoms with Crippen LogP contribution < -0.4 is 9.47 Å². The zero-order valence-corrected chi connectivity index (χ0v) is 12.8. The first-order valence-corrected chi connectivity index (χ1v) is 7.05. The lowest BCUT2D eigenvalue weighted by atomic mass is 10.2. The highest BCUT2D eigenvalue weighted by atomic mass is 16.5. The van der Waals surface area contributed by atoms with Crippen LogP contribution >= 0.6 is 0 Å². The van der Waals surface area contributed by atoms with Gasteiger partial charge in [0.15, 0.2) is 11.5 Å². The maximum absolute atomic E-state index is 11.4. The maximum Gasteiger partial charge on any atom is 0.352 e. The number of nitrogens with zero attached hydrogens (tertiary/aromatic N) is 2. The van der Waals surface area contributed by atoms with Crippen molar-refractivity contribution in [3.05, 3.63) is 59.5 Å². The van der Waals surface area contributed by atoms with Crippen molar-refractivity contribution in [2.45, 2.75) is 13.5 Å². The molecule has 118 valence electrons. The molecule has 0 unspecified atom stereocenters. The third-order valence-corrected chi connectivity index (χ3v) is 3.50. The fourth-order valence-corrected chi connectivity index (χ4v) is 2.38. The number of rotatable bonds is 5. The fraction of sp³-hybridized carbons (Fsp3) is 0.176. The van der Waals surface area contributed by atoms with E-state index in [4.69, 9.17) is 9.47 Å². The van der Waals surface area contributed by atoms with Crippen LogP contribution in [-0.2, 0) is 6.61 Å². The Morgan fingerprint density at radius 1 is 1.26 bits per heavy atom. The van der Waals surface area contributed by atoms with Gasteiger partial charge in [-0.1, -0.05) is 6.07 Å². The number of pyridine rings is 1. The van der Waals surface area contributed by atoms with E-state index in [2.05, 4.69) is 4.98 Å². The summed E-state index contributed by atoms with van der Waals surface area (Å²) in [7, 11) is 1.58. The lowest BCUT2D eigenvalue weighted by Gasteiger charge is -2.12. The number of ether oxygens (including phenoxy) is 2. The second-order valence-electron chi connectivity index (χ2n) is 5.15. The molecule has 3 aromatic rings. The molecule has 0 atom stereocenters. The first-order chi connectivity index (χ1) is 11.1. The summed E-state index contributed by atoms with van der Waals surface area (Å²) in [4.78, 5) is 15.5. The third kappa shape index (κ3) is 2.96. The van der Waals surface area contributed by atoms with E-state index < -0.39 is 5.97 Å². The number of hydrogen-bond donors (Lipinski definition) is 1. The van der Waals surface area contributed by atoms with Crippen LogP contribution in [0.2, 0.25) is 0 Å². The van der Waals surface area contributed by atoms with Crippen LogP contribution in [0.15, 0.2) is 42.7 Å². The number of fused-ring (bicyclic) bond motifs is 1. The summed E-state index contributed by atoms with van der Waals surface area (Å²) in [5.74, 6) is 0.242. The van der Waals surface area contributed by atoms with Crippen LogP contribution in [0.4, 0.5) is 0 Å². The number of methoxy groups -OCH3 is 1. The minimum absolute atomic E-state index is 0.148. The molecule has 0 spiro atoms. The molecular formula is C17H16N2O4. The summed E-state index contributed by atoms with van der Waals surface area (Å²) < 4.78 is 12.6. The second kappa shape index (κ2) is 6.00. The standard InChI is InChI=1S/C17H16N2O4/c1-11-3-4-14(15(7-11)22-2)23-10-12-8-13(17(20)21)19-6-5-18-16(19)9-12/h3-9H,10H2,1-2H3,(H,20,21). The van der Waals surface area contributed by atoms with Gasteiger partial charge in [0.05, 0.1) is 7.11 Å². The Bertz CT molecular complexity index is 870. The van der Waals surface area contributed by atoms with E-state index in [0.29, 0.717) is 17.1 Å². The molecule has 1 N–H and O–H groups in total. The maximum atomic E-state index is 11.4. The van der Waals surface area contributed by atoms with E-state index in [1.54, 1.807) is 31.6 Å². The number of carbonyl (C=O) groups is 1. The number of aromatic nitrogens is 2. The van der Waals surface area contributed by atoms with Gasteiger partial charge < -0.3 is 14.6 Å². The molecule has 0 saturated carbocycles. The zero-order valence-electron chi connectivity index (χ0n) is 12.8. The smallest absolute Gasteiger partial charge is 0.352 e. The average molecular weight is 312 g/mol. The van der Waals surface area contributed by atoms with Crippen molar-refractivity contribution in [3.63, 3.8) is 0 Å². The highest BCUT2D eigenvalue weighted by Crippen LogP contribution is 2.28. The number of aryl methyl sites for hydroxylation is 1. The van der Waals surface area contributed by atoms with Crippen LogP contribution in [0.5, 0.6) is 11.5 Å². The van der Waals surface area contributed by atoms with Crippen molar-refractivity contribution in [1.82, 2.24) is 9.38 Å². The van der Waals surface area contributed by atoms with Gasteiger partial charge in [0.2, 0.25) is 0 Å². The summed E-state index contributed by atoms with van der Waals surface area (Å²) in [6.45, 7) is 2.20. The van der Waals surface area contributed by atoms with Gasteiger partial charge in [-0.3, -0.25) is 4.40 Å². The van der Waals surface area contributed by atoms with Gasteiger partial charge >= 0.3 is 5.97 Å². The second-order valence-corrected chi connectivity index (χ2v) is 5.15. The molecule has 2 heterocycles. The van der Waals surface area contributed by atoms with Crippen LogP contribution in [0, 0.1) is 6.92 Å². The molecule has 6 heteroatoms. The molecule has 0 amide bonds. The average Bonchev–Trinajstić information content (AvgIpc) is 3.00. The fourth-order valence-electron chi connectivity index (χ4n) is 2.38. The topological polar surface area (TPSA) is 73.1 Å². The van der Waals surface area contributed by atoms with Gasteiger partial charge in [-0.05, 0) is 42.3 Å². The minimum atomic E-state index is -1.01. The number of hydrogen-bond acceptors (Lipinski definition) is 4. The van der Waals surface area contributed by atoms with Crippen molar-refractivity contribution in [3.8, 4) is 11.5 Å². The van der Waals surface area contributed by atoms with Gasteiger partial charge in [0, 0.05) is 12.4 Å². The first-order valence-electron chi connectivity index (χ1n) is 7.05. The lowest BCUT2D eigenvalue weighted by Crippen LogP contribution is -2.07. The molecule has 1 aromatic carbocycles. The lowest BCUT2D eigenvalue weighted by molar-refractivity contribution is 0.0688. The van der Waals surface area contributed by atoms with E-state index in [0.717, 1.165) is 11.1 Å². The summed E-state index contributed by atoms with van der Waals surface area (Å²) in [5.41, 5.74) is 2.51. The summed E-state index contributed by atoms with van der Waals surface area (Å²) >= 11 is 0. The van der Waals surface area contributed by atoms with Crippen molar-refractivity contribution in [2.24, 2.45) is 0 Å². The normalized spacial score (nSPS) is 10.7. The molecule has 0 bridgehead atoms. The Hall–Kier alpha value is -3.02. The highest BCUT2D eigenvalue weighted by Gasteiger charge is 2.12. The Morgan fingerprint density at radius 3 is 2.83 bits per heavy atom. The molecule has 0 aliphatic carbocycles. The Labute approximate surface area is 132 Å². The molecule has 0 saturated heterocycles. The number of carboxylic acids is 1. The highest BCUT2D eigenvalue weighted by molar-refractivity contribution is 5.86. The molecule has 6 nitrogen and oxygen atoms in total. The van der Waals surface area contributed by atoms with Crippen LogP contribution in [0.1, 0.15) is 21.6 Å². The first kappa shape index (κ1) is 14.9. The Kier molecular flexibility index (Phi) is 3.89. The molecule has 0 aliphatic heterocycles. The number of carboxylic acid groups (broad SMARTS) is 1. The van der Waals surface area contributed by atoms with Crippen molar-refractivity contribution >= 4 is 11.6 Å². The van der Waals surface area contributed by atoms with E-state index >= 15 is 0 Å². The summed E-state index contributed by atoms with van der Waals surface area (Å²) in [6.07, 6.45) is 3.18. The van der Waals surface area contributed by atoms with Gasteiger partial charge in [0.1, 0.15) is 17.9 Å².